The van der Waals surface area contributed by atoms with Gasteiger partial charge in [0.1, 0.15) is 12.6 Å². The maximum Gasteiger partial charge on any atom is 0.244 e. The minimum Gasteiger partial charge on any atom is -0.354 e. The van der Waals surface area contributed by atoms with Crippen LogP contribution in [-0.2, 0) is 32.6 Å². The van der Waals surface area contributed by atoms with Gasteiger partial charge in [0, 0.05) is 25.6 Å². The van der Waals surface area contributed by atoms with E-state index >= 15 is 0 Å². The highest BCUT2D eigenvalue weighted by molar-refractivity contribution is 7.92. The van der Waals surface area contributed by atoms with E-state index in [0.717, 1.165) is 36.8 Å². The molecular formula is C29H31Cl2F2N3O4S. The average molecular weight is 627 g/mol. The number of rotatable bonds is 13. The first-order valence-corrected chi connectivity index (χ1v) is 15.5. The summed E-state index contributed by atoms with van der Waals surface area (Å²) in [6.45, 7) is 1.49. The summed E-state index contributed by atoms with van der Waals surface area (Å²) in [6.07, 6.45) is 2.55. The summed E-state index contributed by atoms with van der Waals surface area (Å²) in [7, 11) is -4.13. The molecule has 0 radical (unpaired) electrons. The third-order valence-corrected chi connectivity index (χ3v) is 8.19. The first-order valence-electron chi connectivity index (χ1n) is 12.9. The van der Waals surface area contributed by atoms with E-state index in [0.29, 0.717) is 27.5 Å². The minimum absolute atomic E-state index is 0.107. The lowest BCUT2D eigenvalue weighted by Gasteiger charge is -2.33. The van der Waals surface area contributed by atoms with Gasteiger partial charge in [-0.15, -0.1) is 0 Å². The molecule has 41 heavy (non-hydrogen) atoms. The van der Waals surface area contributed by atoms with Crippen molar-refractivity contribution >= 4 is 50.7 Å². The molecule has 3 aromatic carbocycles. The quantitative estimate of drug-likeness (QED) is 0.251. The molecule has 220 valence electrons. The largest absolute Gasteiger partial charge is 0.354 e. The molecule has 0 bridgehead atoms. The van der Waals surface area contributed by atoms with Gasteiger partial charge in [0.25, 0.3) is 0 Å². The Morgan fingerprint density at radius 2 is 1.63 bits per heavy atom. The van der Waals surface area contributed by atoms with Crippen LogP contribution in [0.5, 0.6) is 0 Å². The van der Waals surface area contributed by atoms with Gasteiger partial charge >= 0.3 is 0 Å². The lowest BCUT2D eigenvalue weighted by molar-refractivity contribution is -0.140. The Morgan fingerprint density at radius 3 is 2.24 bits per heavy atom. The first-order chi connectivity index (χ1) is 19.4. The zero-order chi connectivity index (χ0) is 30.2. The standard InChI is InChI=1S/C29H31Cl2F2N3O4S/c1-3-4-14-34-29(38)27(16-20-8-6-5-7-9-20)35(18-21-10-12-23(30)24(31)15-21)28(37)19-36(41(2,39)40)22-11-13-25(32)26(33)17-22/h5-13,15,17,27H,3-4,14,16,18-19H2,1-2H3,(H,34,38). The second kappa shape index (κ2) is 14.6. The summed E-state index contributed by atoms with van der Waals surface area (Å²) in [4.78, 5) is 28.8. The van der Waals surface area contributed by atoms with Crippen molar-refractivity contribution in [2.45, 2.75) is 38.8 Å². The molecule has 0 aliphatic rings. The number of hydrogen-bond acceptors (Lipinski definition) is 4. The van der Waals surface area contributed by atoms with E-state index in [2.05, 4.69) is 5.32 Å². The monoisotopic (exact) mass is 625 g/mol. The van der Waals surface area contributed by atoms with Crippen LogP contribution >= 0.6 is 23.2 Å². The summed E-state index contributed by atoms with van der Waals surface area (Å²) in [5, 5.41) is 3.41. The van der Waals surface area contributed by atoms with Crippen molar-refractivity contribution in [3.05, 3.63) is 99.5 Å². The smallest absolute Gasteiger partial charge is 0.244 e. The number of nitrogens with zero attached hydrogens (tertiary/aromatic N) is 2. The second-order valence-electron chi connectivity index (χ2n) is 9.49. The van der Waals surface area contributed by atoms with Crippen LogP contribution in [0.4, 0.5) is 14.5 Å². The third-order valence-electron chi connectivity index (χ3n) is 6.31. The minimum atomic E-state index is -4.13. The molecule has 0 aliphatic heterocycles. The molecule has 0 fully saturated rings. The van der Waals surface area contributed by atoms with Crippen LogP contribution in [0.3, 0.4) is 0 Å². The van der Waals surface area contributed by atoms with E-state index < -0.39 is 46.1 Å². The Labute approximate surface area is 249 Å². The van der Waals surface area contributed by atoms with Crippen molar-refractivity contribution in [1.82, 2.24) is 10.2 Å². The van der Waals surface area contributed by atoms with Crippen LogP contribution in [0.25, 0.3) is 0 Å². The maximum atomic E-state index is 14.0. The highest BCUT2D eigenvalue weighted by Crippen LogP contribution is 2.25. The average Bonchev–Trinajstić information content (AvgIpc) is 2.92. The van der Waals surface area contributed by atoms with Crippen molar-refractivity contribution in [3.63, 3.8) is 0 Å². The molecule has 0 heterocycles. The van der Waals surface area contributed by atoms with Gasteiger partial charge in [-0.05, 0) is 41.8 Å². The van der Waals surface area contributed by atoms with Gasteiger partial charge in [0.15, 0.2) is 11.6 Å². The second-order valence-corrected chi connectivity index (χ2v) is 12.2. The summed E-state index contributed by atoms with van der Waals surface area (Å²) < 4.78 is 53.8. The van der Waals surface area contributed by atoms with Crippen LogP contribution < -0.4 is 9.62 Å². The predicted molar refractivity (Wildman–Crippen MR) is 157 cm³/mol. The summed E-state index contributed by atoms with van der Waals surface area (Å²) in [5.74, 6) is -3.60. The number of anilines is 1. The van der Waals surface area contributed by atoms with Gasteiger partial charge in [-0.3, -0.25) is 13.9 Å². The SMILES string of the molecule is CCCCNC(=O)C(Cc1ccccc1)N(Cc1ccc(Cl)c(Cl)c1)C(=O)CN(c1ccc(F)c(F)c1)S(C)(=O)=O. The fourth-order valence-corrected chi connectivity index (χ4v) is 5.31. The molecule has 12 heteroatoms. The van der Waals surface area contributed by atoms with Gasteiger partial charge in [-0.25, -0.2) is 17.2 Å². The topological polar surface area (TPSA) is 86.8 Å². The molecule has 0 aliphatic carbocycles. The normalized spacial score (nSPS) is 12.0. The number of carbonyl (C=O) groups excluding carboxylic acids is 2. The lowest BCUT2D eigenvalue weighted by Crippen LogP contribution is -2.53. The van der Waals surface area contributed by atoms with Crippen LogP contribution in [0, 0.1) is 11.6 Å². The molecule has 3 aromatic rings. The first kappa shape index (κ1) is 32.3. The number of unbranched alkanes of at least 4 members (excludes halogenated alkanes) is 1. The molecule has 2 amide bonds. The summed E-state index contributed by atoms with van der Waals surface area (Å²) >= 11 is 12.3. The van der Waals surface area contributed by atoms with Crippen molar-refractivity contribution in [2.75, 3.05) is 23.7 Å². The Bertz CT molecular complexity index is 1480. The molecule has 1 unspecified atom stereocenters. The molecule has 1 N–H and O–H groups in total. The van der Waals surface area contributed by atoms with Crippen molar-refractivity contribution in [3.8, 4) is 0 Å². The van der Waals surface area contributed by atoms with Gasteiger partial charge in [-0.2, -0.15) is 0 Å². The van der Waals surface area contributed by atoms with E-state index in [4.69, 9.17) is 23.2 Å². The zero-order valence-corrected chi connectivity index (χ0v) is 24.9. The zero-order valence-electron chi connectivity index (χ0n) is 22.6. The highest BCUT2D eigenvalue weighted by atomic mass is 35.5. The Balaban J connectivity index is 2.06. The number of amides is 2. The number of nitrogens with one attached hydrogen (secondary N) is 1. The van der Waals surface area contributed by atoms with Crippen LogP contribution in [0.15, 0.2) is 66.7 Å². The van der Waals surface area contributed by atoms with Gasteiger partial charge in [-0.1, -0.05) is 72.9 Å². The number of benzene rings is 3. The molecule has 7 nitrogen and oxygen atoms in total. The number of sulfonamides is 1. The Morgan fingerprint density at radius 1 is 0.927 bits per heavy atom. The van der Waals surface area contributed by atoms with Crippen LogP contribution in [-0.4, -0.2) is 50.5 Å². The van der Waals surface area contributed by atoms with Gasteiger partial charge < -0.3 is 10.2 Å². The molecule has 0 saturated carbocycles. The molecule has 0 aromatic heterocycles. The summed E-state index contributed by atoms with van der Waals surface area (Å²) in [6, 6.07) is 15.3. The van der Waals surface area contributed by atoms with Gasteiger partial charge in [0.05, 0.1) is 22.0 Å². The Kier molecular flexibility index (Phi) is 11.5. The molecule has 0 spiro atoms. The fraction of sp³-hybridized carbons (Fsp3) is 0.310. The van der Waals surface area contributed by atoms with E-state index in [1.54, 1.807) is 30.3 Å². The Hall–Kier alpha value is -3.21. The number of carbonyl (C=O) groups is 2. The number of halogens is 4. The van der Waals surface area contributed by atoms with E-state index in [-0.39, 0.29) is 23.7 Å². The summed E-state index contributed by atoms with van der Waals surface area (Å²) in [5.41, 5.74) is 1.09. The molecular weight excluding hydrogens is 595 g/mol. The van der Waals surface area contributed by atoms with Crippen LogP contribution in [0.1, 0.15) is 30.9 Å². The van der Waals surface area contributed by atoms with Gasteiger partial charge in [0.2, 0.25) is 21.8 Å². The van der Waals surface area contributed by atoms with Crippen molar-refractivity contribution in [1.29, 1.82) is 0 Å². The number of hydrogen-bond donors (Lipinski definition) is 1. The van der Waals surface area contributed by atoms with E-state index in [1.807, 2.05) is 25.1 Å². The maximum absolute atomic E-state index is 14.0. The van der Waals surface area contributed by atoms with Crippen LogP contribution in [0.2, 0.25) is 10.0 Å². The van der Waals surface area contributed by atoms with Crippen molar-refractivity contribution < 1.29 is 26.8 Å². The van der Waals surface area contributed by atoms with Crippen molar-refractivity contribution in [2.24, 2.45) is 0 Å². The fourth-order valence-electron chi connectivity index (χ4n) is 4.15. The predicted octanol–water partition coefficient (Wildman–Crippen LogP) is 5.59. The lowest BCUT2D eigenvalue weighted by atomic mass is 10.0. The van der Waals surface area contributed by atoms with E-state index in [1.165, 1.54) is 4.90 Å². The molecule has 1 atom stereocenters. The molecule has 3 rings (SSSR count). The third kappa shape index (κ3) is 9.14. The highest BCUT2D eigenvalue weighted by Gasteiger charge is 2.33. The van der Waals surface area contributed by atoms with E-state index in [9.17, 15) is 26.8 Å². The molecule has 0 saturated heterocycles.